The Morgan fingerprint density at radius 1 is 1.62 bits per heavy atom. The van der Waals surface area contributed by atoms with Crippen LogP contribution in [0.5, 0.6) is 0 Å². The first-order chi connectivity index (χ1) is 3.79. The first-order valence-corrected chi connectivity index (χ1v) is 3.46. The van der Waals surface area contributed by atoms with Gasteiger partial charge in [-0.05, 0) is 19.8 Å². The van der Waals surface area contributed by atoms with Crippen LogP contribution in [0.4, 0.5) is 0 Å². The highest BCUT2D eigenvalue weighted by Crippen LogP contribution is 2.17. The first kappa shape index (κ1) is 6.02. The number of allylic oxidation sites excluding steroid dienone is 1. The van der Waals surface area contributed by atoms with E-state index in [9.17, 15) is 0 Å². The highest BCUT2D eigenvalue weighted by atomic mass is 79.9. The average molecular weight is 174 g/mol. The fourth-order valence-electron chi connectivity index (χ4n) is 0.610. The third-order valence-corrected chi connectivity index (χ3v) is 1.75. The van der Waals surface area contributed by atoms with Crippen molar-refractivity contribution in [2.24, 2.45) is 4.99 Å². The minimum absolute atomic E-state index is 1.11. The highest BCUT2D eigenvalue weighted by Gasteiger charge is 1.98. The van der Waals surface area contributed by atoms with Gasteiger partial charge in [0.2, 0.25) is 0 Å². The average Bonchev–Trinajstić information content (AvgIpc) is 1.77. The van der Waals surface area contributed by atoms with Crippen LogP contribution in [-0.4, -0.2) is 5.71 Å². The third-order valence-electron chi connectivity index (χ3n) is 1.15. The fraction of sp³-hybridized carbons (Fsp3) is 0.500. The molecule has 0 aromatic rings. The van der Waals surface area contributed by atoms with Gasteiger partial charge in [-0.3, -0.25) is 4.99 Å². The van der Waals surface area contributed by atoms with E-state index in [4.69, 9.17) is 0 Å². The van der Waals surface area contributed by atoms with E-state index in [2.05, 4.69) is 27.8 Å². The van der Waals surface area contributed by atoms with Crippen molar-refractivity contribution in [3.05, 3.63) is 10.7 Å². The van der Waals surface area contributed by atoms with Gasteiger partial charge in [0.05, 0.1) is 0 Å². The molecule has 0 atom stereocenters. The van der Waals surface area contributed by atoms with Crippen LogP contribution in [0.25, 0.3) is 0 Å². The Balaban J connectivity index is 2.65. The predicted molar refractivity (Wildman–Crippen MR) is 39.4 cm³/mol. The number of nitrogens with zero attached hydrogens (tertiary/aromatic N) is 1. The molecule has 1 aliphatic heterocycles. The minimum Gasteiger partial charge on any atom is -0.265 e. The zero-order chi connectivity index (χ0) is 5.98. The summed E-state index contributed by atoms with van der Waals surface area (Å²) in [6.45, 7) is 2.05. The van der Waals surface area contributed by atoms with E-state index in [0.717, 1.165) is 12.8 Å². The second-order valence-corrected chi connectivity index (χ2v) is 2.96. The Labute approximate surface area is 57.6 Å². The van der Waals surface area contributed by atoms with Crippen LogP contribution < -0.4 is 0 Å². The molecule has 0 aliphatic carbocycles. The SMILES string of the molecule is CC1=NC=C(Br)CC1. The lowest BCUT2D eigenvalue weighted by Gasteiger charge is -2.03. The van der Waals surface area contributed by atoms with Crippen LogP contribution in [0.1, 0.15) is 19.8 Å². The van der Waals surface area contributed by atoms with Crippen LogP contribution in [0.2, 0.25) is 0 Å². The van der Waals surface area contributed by atoms with Crippen molar-refractivity contribution < 1.29 is 0 Å². The zero-order valence-corrected chi connectivity index (χ0v) is 6.40. The molecule has 0 N–H and O–H groups in total. The van der Waals surface area contributed by atoms with Crippen LogP contribution in [0, 0.1) is 0 Å². The molecule has 0 bridgehead atoms. The number of hydrogen-bond donors (Lipinski definition) is 0. The van der Waals surface area contributed by atoms with Crippen molar-refractivity contribution in [3.8, 4) is 0 Å². The topological polar surface area (TPSA) is 12.4 Å². The van der Waals surface area contributed by atoms with Gasteiger partial charge < -0.3 is 0 Å². The van der Waals surface area contributed by atoms with E-state index in [-0.39, 0.29) is 0 Å². The minimum atomic E-state index is 1.11. The Bertz CT molecular complexity index is 129. The lowest BCUT2D eigenvalue weighted by atomic mass is 10.2. The predicted octanol–water partition coefficient (Wildman–Crippen LogP) is 2.48. The normalized spacial score (nSPS) is 19.8. The Morgan fingerprint density at radius 2 is 2.38 bits per heavy atom. The summed E-state index contributed by atoms with van der Waals surface area (Å²) >= 11 is 3.37. The Hall–Kier alpha value is -0.110. The molecule has 0 fully saturated rings. The second kappa shape index (κ2) is 2.44. The largest absolute Gasteiger partial charge is 0.265 e. The van der Waals surface area contributed by atoms with E-state index in [1.165, 1.54) is 10.2 Å². The second-order valence-electron chi connectivity index (χ2n) is 1.94. The molecule has 0 spiro atoms. The van der Waals surface area contributed by atoms with Gasteiger partial charge in [0.1, 0.15) is 0 Å². The van der Waals surface area contributed by atoms with E-state index < -0.39 is 0 Å². The van der Waals surface area contributed by atoms with Crippen LogP contribution in [0.3, 0.4) is 0 Å². The molecule has 1 rings (SSSR count). The van der Waals surface area contributed by atoms with E-state index in [0.29, 0.717) is 0 Å². The van der Waals surface area contributed by atoms with Crippen LogP contribution >= 0.6 is 15.9 Å². The van der Waals surface area contributed by atoms with Crippen molar-refractivity contribution >= 4 is 21.6 Å². The van der Waals surface area contributed by atoms with Gasteiger partial charge in [0.15, 0.2) is 0 Å². The summed E-state index contributed by atoms with van der Waals surface area (Å²) in [5.74, 6) is 0. The van der Waals surface area contributed by atoms with Crippen LogP contribution in [-0.2, 0) is 0 Å². The van der Waals surface area contributed by atoms with Gasteiger partial charge in [-0.2, -0.15) is 0 Å². The van der Waals surface area contributed by atoms with E-state index in [1.807, 2.05) is 6.20 Å². The van der Waals surface area contributed by atoms with Crippen molar-refractivity contribution in [1.29, 1.82) is 0 Å². The summed E-state index contributed by atoms with van der Waals surface area (Å²) in [7, 11) is 0. The van der Waals surface area contributed by atoms with Crippen molar-refractivity contribution in [1.82, 2.24) is 0 Å². The first-order valence-electron chi connectivity index (χ1n) is 2.67. The van der Waals surface area contributed by atoms with Gasteiger partial charge >= 0.3 is 0 Å². The van der Waals surface area contributed by atoms with Crippen molar-refractivity contribution in [3.63, 3.8) is 0 Å². The van der Waals surface area contributed by atoms with Gasteiger partial charge in [-0.15, -0.1) is 0 Å². The maximum absolute atomic E-state index is 4.12. The quantitative estimate of drug-likeness (QED) is 0.534. The summed E-state index contributed by atoms with van der Waals surface area (Å²) in [4.78, 5) is 4.12. The molecule has 2 heteroatoms. The molecule has 8 heavy (non-hydrogen) atoms. The maximum Gasteiger partial charge on any atom is 0.0368 e. The molecule has 0 saturated heterocycles. The lowest BCUT2D eigenvalue weighted by Crippen LogP contribution is -1.94. The summed E-state index contributed by atoms with van der Waals surface area (Å²) in [5.41, 5.74) is 1.23. The summed E-state index contributed by atoms with van der Waals surface area (Å²) in [6, 6.07) is 0. The molecular weight excluding hydrogens is 166 g/mol. The Morgan fingerprint density at radius 3 is 2.75 bits per heavy atom. The van der Waals surface area contributed by atoms with E-state index >= 15 is 0 Å². The maximum atomic E-state index is 4.12. The monoisotopic (exact) mass is 173 g/mol. The molecule has 44 valence electrons. The van der Waals surface area contributed by atoms with Crippen molar-refractivity contribution in [2.75, 3.05) is 0 Å². The number of rotatable bonds is 0. The summed E-state index contributed by atoms with van der Waals surface area (Å²) < 4.78 is 1.21. The molecule has 0 saturated carbocycles. The molecule has 0 aromatic carbocycles. The Kier molecular flexibility index (Phi) is 1.84. The van der Waals surface area contributed by atoms with E-state index in [1.54, 1.807) is 0 Å². The molecule has 0 aromatic heterocycles. The molecule has 1 nitrogen and oxygen atoms in total. The smallest absolute Gasteiger partial charge is 0.0368 e. The summed E-state index contributed by atoms with van der Waals surface area (Å²) in [6.07, 6.45) is 4.10. The van der Waals surface area contributed by atoms with Crippen molar-refractivity contribution in [2.45, 2.75) is 19.8 Å². The molecule has 1 aliphatic rings. The lowest BCUT2D eigenvalue weighted by molar-refractivity contribution is 1.04. The van der Waals surface area contributed by atoms with Gasteiger partial charge in [0.25, 0.3) is 0 Å². The molecule has 0 amide bonds. The molecule has 1 heterocycles. The number of aliphatic imine (C=N–C) groups is 1. The number of halogens is 1. The molecule has 0 unspecified atom stereocenters. The fourth-order valence-corrected chi connectivity index (χ4v) is 0.910. The number of hydrogen-bond acceptors (Lipinski definition) is 1. The van der Waals surface area contributed by atoms with Gasteiger partial charge in [0, 0.05) is 16.4 Å². The third kappa shape index (κ3) is 1.44. The van der Waals surface area contributed by atoms with Gasteiger partial charge in [-0.25, -0.2) is 0 Å². The molecule has 0 radical (unpaired) electrons. The standard InChI is InChI=1S/C6H8BrN/c1-5-2-3-6(7)4-8-5/h4H,2-3H2,1H3. The van der Waals surface area contributed by atoms with Gasteiger partial charge in [-0.1, -0.05) is 15.9 Å². The molecular formula is C6H8BrN. The van der Waals surface area contributed by atoms with Crippen LogP contribution in [0.15, 0.2) is 15.7 Å². The summed E-state index contributed by atoms with van der Waals surface area (Å²) in [5, 5.41) is 0. The highest BCUT2D eigenvalue weighted by molar-refractivity contribution is 9.11. The zero-order valence-electron chi connectivity index (χ0n) is 4.82.